The van der Waals surface area contributed by atoms with Crippen LogP contribution in [0.4, 0.5) is 5.69 Å². The third-order valence-electron chi connectivity index (χ3n) is 5.21. The number of anilines is 1. The molecule has 0 spiro atoms. The molecule has 0 atom stereocenters. The molecule has 1 aromatic carbocycles. The lowest BCUT2D eigenvalue weighted by atomic mass is 10.1. The van der Waals surface area contributed by atoms with Crippen molar-refractivity contribution in [1.82, 2.24) is 14.8 Å². The fourth-order valence-corrected chi connectivity index (χ4v) is 3.66. The van der Waals surface area contributed by atoms with Crippen molar-refractivity contribution in [2.45, 2.75) is 26.8 Å². The highest BCUT2D eigenvalue weighted by atomic mass is 16.7. The number of rotatable bonds is 5. The summed E-state index contributed by atoms with van der Waals surface area (Å²) in [7, 11) is 0. The van der Waals surface area contributed by atoms with Gasteiger partial charge in [-0.05, 0) is 45.0 Å². The molecule has 0 radical (unpaired) electrons. The molecule has 9 nitrogen and oxygen atoms in total. The SMILES string of the molecule is CC(=O)c1cc2c(cc1NC(=O)c1cc(-c3ccco3)nc3c1cnn3C(C)C)OCO2. The van der Waals surface area contributed by atoms with Crippen molar-refractivity contribution in [1.29, 1.82) is 0 Å². The second-order valence-electron chi connectivity index (χ2n) is 7.71. The zero-order valence-corrected chi connectivity index (χ0v) is 17.7. The highest BCUT2D eigenvalue weighted by Crippen LogP contribution is 2.37. The number of aromatic nitrogens is 3. The zero-order chi connectivity index (χ0) is 22.4. The van der Waals surface area contributed by atoms with Crippen LogP contribution in [0.5, 0.6) is 11.5 Å². The number of ether oxygens (including phenoxy) is 2. The molecule has 0 fully saturated rings. The second-order valence-corrected chi connectivity index (χ2v) is 7.71. The third kappa shape index (κ3) is 3.27. The van der Waals surface area contributed by atoms with Crippen molar-refractivity contribution in [3.63, 3.8) is 0 Å². The predicted molar refractivity (Wildman–Crippen MR) is 116 cm³/mol. The number of ketones is 1. The quantitative estimate of drug-likeness (QED) is 0.464. The Balaban J connectivity index is 1.62. The fraction of sp³-hybridized carbons (Fsp3) is 0.217. The van der Waals surface area contributed by atoms with Gasteiger partial charge in [-0.3, -0.25) is 9.59 Å². The maximum absolute atomic E-state index is 13.4. The molecule has 1 N–H and O–H groups in total. The van der Waals surface area contributed by atoms with Crippen LogP contribution >= 0.6 is 0 Å². The van der Waals surface area contributed by atoms with E-state index in [1.165, 1.54) is 6.92 Å². The summed E-state index contributed by atoms with van der Waals surface area (Å²) in [5.41, 5.74) is 2.11. The molecule has 1 aliphatic heterocycles. The number of Topliss-reactive ketones (excluding diaryl/α,β-unsaturated/α-hetero) is 1. The number of pyridine rings is 1. The number of benzene rings is 1. The fourth-order valence-electron chi connectivity index (χ4n) is 3.66. The normalized spacial score (nSPS) is 12.5. The Labute approximate surface area is 182 Å². The Morgan fingerprint density at radius 1 is 1.12 bits per heavy atom. The number of fused-ring (bicyclic) bond motifs is 2. The van der Waals surface area contributed by atoms with Crippen LogP contribution in [0.15, 0.2) is 47.2 Å². The summed E-state index contributed by atoms with van der Waals surface area (Å²) in [5, 5.41) is 7.86. The number of hydrogen-bond donors (Lipinski definition) is 1. The van der Waals surface area contributed by atoms with E-state index in [1.807, 2.05) is 13.8 Å². The molecule has 162 valence electrons. The molecular formula is C23H20N4O5. The van der Waals surface area contributed by atoms with Crippen molar-refractivity contribution in [2.75, 3.05) is 12.1 Å². The maximum Gasteiger partial charge on any atom is 0.256 e. The largest absolute Gasteiger partial charge is 0.463 e. The summed E-state index contributed by atoms with van der Waals surface area (Å²) >= 11 is 0. The maximum atomic E-state index is 13.4. The number of hydrogen-bond acceptors (Lipinski definition) is 7. The first-order valence-corrected chi connectivity index (χ1v) is 10.1. The zero-order valence-electron chi connectivity index (χ0n) is 17.7. The lowest BCUT2D eigenvalue weighted by Gasteiger charge is -2.12. The van der Waals surface area contributed by atoms with E-state index in [0.29, 0.717) is 50.8 Å². The Morgan fingerprint density at radius 3 is 2.59 bits per heavy atom. The van der Waals surface area contributed by atoms with Crippen molar-refractivity contribution < 1.29 is 23.5 Å². The smallest absolute Gasteiger partial charge is 0.256 e. The summed E-state index contributed by atoms with van der Waals surface area (Å²) in [5.74, 6) is 0.856. The van der Waals surface area contributed by atoms with Crippen molar-refractivity contribution in [2.24, 2.45) is 0 Å². The molecular weight excluding hydrogens is 412 g/mol. The van der Waals surface area contributed by atoms with Crippen LogP contribution in [0, 0.1) is 0 Å². The van der Waals surface area contributed by atoms with E-state index in [-0.39, 0.29) is 18.6 Å². The van der Waals surface area contributed by atoms with Gasteiger partial charge in [-0.2, -0.15) is 5.10 Å². The van der Waals surface area contributed by atoms with Crippen LogP contribution in [0.3, 0.4) is 0 Å². The van der Waals surface area contributed by atoms with Crippen LogP contribution in [-0.4, -0.2) is 33.2 Å². The molecule has 32 heavy (non-hydrogen) atoms. The summed E-state index contributed by atoms with van der Waals surface area (Å²) in [4.78, 5) is 30.3. The Bertz CT molecular complexity index is 1350. The monoisotopic (exact) mass is 432 g/mol. The third-order valence-corrected chi connectivity index (χ3v) is 5.21. The van der Waals surface area contributed by atoms with Gasteiger partial charge in [0.15, 0.2) is 28.7 Å². The minimum Gasteiger partial charge on any atom is -0.463 e. The number of nitrogens with one attached hydrogen (secondary N) is 1. The van der Waals surface area contributed by atoms with Gasteiger partial charge in [0.2, 0.25) is 6.79 Å². The second kappa shape index (κ2) is 7.52. The van der Waals surface area contributed by atoms with Crippen molar-refractivity contribution in [3.05, 3.63) is 53.9 Å². The highest BCUT2D eigenvalue weighted by Gasteiger charge is 2.23. The van der Waals surface area contributed by atoms with Crippen molar-refractivity contribution >= 4 is 28.4 Å². The first-order chi connectivity index (χ1) is 15.4. The van der Waals surface area contributed by atoms with Crippen molar-refractivity contribution in [3.8, 4) is 23.0 Å². The summed E-state index contributed by atoms with van der Waals surface area (Å²) < 4.78 is 18.0. The standard InChI is InChI=1S/C23H20N4O5/c1-12(2)27-22-16(10-24-27)15(7-18(25-22)19-5-4-6-30-19)23(29)26-17-9-21-20(31-11-32-21)8-14(17)13(3)28/h4-10,12H,11H2,1-3H3,(H,26,29). The van der Waals surface area contributed by atoms with Gasteiger partial charge >= 0.3 is 0 Å². The molecule has 3 aromatic heterocycles. The van der Waals surface area contributed by atoms with Gasteiger partial charge in [0.1, 0.15) is 5.69 Å². The molecule has 0 bridgehead atoms. The van der Waals surface area contributed by atoms with Gasteiger partial charge in [0.05, 0.1) is 29.1 Å². The van der Waals surface area contributed by atoms with Crippen LogP contribution in [0.25, 0.3) is 22.5 Å². The summed E-state index contributed by atoms with van der Waals surface area (Å²) in [6.07, 6.45) is 3.17. The Kier molecular flexibility index (Phi) is 4.66. The van der Waals surface area contributed by atoms with Gasteiger partial charge < -0.3 is 19.2 Å². The molecule has 4 aromatic rings. The van der Waals surface area contributed by atoms with E-state index >= 15 is 0 Å². The van der Waals surface area contributed by atoms with Crippen LogP contribution < -0.4 is 14.8 Å². The van der Waals surface area contributed by atoms with Gasteiger partial charge in [-0.25, -0.2) is 9.67 Å². The lowest BCUT2D eigenvalue weighted by Crippen LogP contribution is -2.15. The number of nitrogens with zero attached hydrogens (tertiary/aromatic N) is 3. The van der Waals surface area contributed by atoms with Crippen LogP contribution in [0.1, 0.15) is 47.5 Å². The minimum absolute atomic E-state index is 0.0425. The molecule has 0 saturated heterocycles. The van der Waals surface area contributed by atoms with Gasteiger partial charge in [-0.1, -0.05) is 0 Å². The van der Waals surface area contributed by atoms with E-state index in [2.05, 4.69) is 15.4 Å². The average molecular weight is 432 g/mol. The van der Waals surface area contributed by atoms with E-state index in [4.69, 9.17) is 13.9 Å². The van der Waals surface area contributed by atoms with E-state index in [9.17, 15) is 9.59 Å². The Hall–Kier alpha value is -4.14. The molecule has 1 amide bonds. The molecule has 0 unspecified atom stereocenters. The molecule has 4 heterocycles. The summed E-state index contributed by atoms with van der Waals surface area (Å²) in [6.45, 7) is 5.47. The predicted octanol–water partition coefficient (Wildman–Crippen LogP) is 4.46. The molecule has 1 aliphatic rings. The molecule has 9 heteroatoms. The van der Waals surface area contributed by atoms with Crippen LogP contribution in [-0.2, 0) is 0 Å². The van der Waals surface area contributed by atoms with E-state index in [0.717, 1.165) is 0 Å². The number of amides is 1. The number of carbonyl (C=O) groups is 2. The molecule has 0 aliphatic carbocycles. The summed E-state index contributed by atoms with van der Waals surface area (Å²) in [6, 6.07) is 8.40. The Morgan fingerprint density at radius 2 is 1.91 bits per heavy atom. The topological polar surface area (TPSA) is 108 Å². The lowest BCUT2D eigenvalue weighted by molar-refractivity contribution is 0.101. The van der Waals surface area contributed by atoms with Crippen LogP contribution in [0.2, 0.25) is 0 Å². The first kappa shape index (κ1) is 19.8. The molecule has 5 rings (SSSR count). The van der Waals surface area contributed by atoms with E-state index < -0.39 is 5.91 Å². The van der Waals surface area contributed by atoms with E-state index in [1.54, 1.807) is 47.5 Å². The van der Waals surface area contributed by atoms with Gasteiger partial charge in [0, 0.05) is 17.7 Å². The molecule has 0 saturated carbocycles. The average Bonchev–Trinajstić information content (AvgIpc) is 3.51. The minimum atomic E-state index is -0.408. The van der Waals surface area contributed by atoms with Gasteiger partial charge in [0.25, 0.3) is 5.91 Å². The number of carbonyl (C=O) groups excluding carboxylic acids is 2. The highest BCUT2D eigenvalue weighted by molar-refractivity contribution is 6.15. The van der Waals surface area contributed by atoms with Gasteiger partial charge in [-0.15, -0.1) is 0 Å². The first-order valence-electron chi connectivity index (χ1n) is 10.1. The number of furan rings is 1.